The topological polar surface area (TPSA) is 55.1 Å². The summed E-state index contributed by atoms with van der Waals surface area (Å²) in [5, 5.41) is 2.95. The third-order valence-electron chi connectivity index (χ3n) is 2.85. The van der Waals surface area contributed by atoms with Gasteiger partial charge in [-0.1, -0.05) is 47.5 Å². The largest absolute Gasteiger partial charge is 0.356 e. The summed E-state index contributed by atoms with van der Waals surface area (Å²) in [5.74, 6) is 0.845. The molecule has 3 N–H and O–H groups in total. The summed E-state index contributed by atoms with van der Waals surface area (Å²) in [4.78, 5) is 11.6. The number of hydrogen-bond donors (Lipinski definition) is 2. The van der Waals surface area contributed by atoms with Crippen molar-refractivity contribution in [2.45, 2.75) is 72.8 Å². The van der Waals surface area contributed by atoms with Gasteiger partial charge in [0.25, 0.3) is 0 Å². The lowest BCUT2D eigenvalue weighted by molar-refractivity contribution is -0.121. The van der Waals surface area contributed by atoms with E-state index in [2.05, 4.69) is 39.9 Å². The molecule has 0 spiro atoms. The van der Waals surface area contributed by atoms with Crippen LogP contribution in [0, 0.1) is 11.3 Å². The molecule has 18 heavy (non-hydrogen) atoms. The fourth-order valence-corrected chi connectivity index (χ4v) is 2.07. The standard InChI is InChI=1S/C15H32N2O/c1-12(2)8-6-7-9-17-14(18)10-13(16)11-15(3,4)5/h12-13H,6-11,16H2,1-5H3,(H,17,18). The minimum Gasteiger partial charge on any atom is -0.356 e. The van der Waals surface area contributed by atoms with E-state index in [0.717, 1.165) is 25.3 Å². The molecule has 3 heteroatoms. The molecule has 1 atom stereocenters. The molecule has 108 valence electrons. The summed E-state index contributed by atoms with van der Waals surface area (Å²) in [6.07, 6.45) is 4.82. The van der Waals surface area contributed by atoms with Crippen LogP contribution in [0.2, 0.25) is 0 Å². The number of hydrogen-bond acceptors (Lipinski definition) is 2. The number of carbonyl (C=O) groups is 1. The van der Waals surface area contributed by atoms with Gasteiger partial charge in [-0.15, -0.1) is 0 Å². The molecule has 0 aromatic heterocycles. The van der Waals surface area contributed by atoms with Gasteiger partial charge in [-0.3, -0.25) is 4.79 Å². The van der Waals surface area contributed by atoms with Gasteiger partial charge in [0.15, 0.2) is 0 Å². The van der Waals surface area contributed by atoms with E-state index in [1.54, 1.807) is 0 Å². The number of rotatable bonds is 8. The van der Waals surface area contributed by atoms with Crippen molar-refractivity contribution in [3.05, 3.63) is 0 Å². The Labute approximate surface area is 113 Å². The minimum atomic E-state index is -0.0272. The SMILES string of the molecule is CC(C)CCCCNC(=O)CC(N)CC(C)(C)C. The Balaban J connectivity index is 3.59. The average molecular weight is 256 g/mol. The lowest BCUT2D eigenvalue weighted by Crippen LogP contribution is -2.34. The highest BCUT2D eigenvalue weighted by Crippen LogP contribution is 2.20. The molecule has 0 aromatic rings. The van der Waals surface area contributed by atoms with Crippen LogP contribution in [0.1, 0.15) is 66.7 Å². The van der Waals surface area contributed by atoms with Crippen LogP contribution in [-0.2, 0) is 4.79 Å². The molecular formula is C15H32N2O. The quantitative estimate of drug-likeness (QED) is 0.656. The minimum absolute atomic E-state index is 0.0272. The molecule has 0 saturated heterocycles. The Kier molecular flexibility index (Phi) is 8.25. The smallest absolute Gasteiger partial charge is 0.221 e. The van der Waals surface area contributed by atoms with Crippen molar-refractivity contribution in [1.29, 1.82) is 0 Å². The van der Waals surface area contributed by atoms with Crippen LogP contribution in [0.25, 0.3) is 0 Å². The lowest BCUT2D eigenvalue weighted by atomic mass is 9.87. The Morgan fingerprint density at radius 2 is 1.83 bits per heavy atom. The van der Waals surface area contributed by atoms with E-state index < -0.39 is 0 Å². The molecule has 0 fully saturated rings. The zero-order chi connectivity index (χ0) is 14.2. The third kappa shape index (κ3) is 11.9. The highest BCUT2D eigenvalue weighted by atomic mass is 16.1. The molecular weight excluding hydrogens is 224 g/mol. The van der Waals surface area contributed by atoms with Crippen LogP contribution >= 0.6 is 0 Å². The second-order valence-electron chi connectivity index (χ2n) is 6.97. The van der Waals surface area contributed by atoms with E-state index in [0.29, 0.717) is 6.42 Å². The van der Waals surface area contributed by atoms with Gasteiger partial charge in [-0.25, -0.2) is 0 Å². The molecule has 0 aliphatic carbocycles. The van der Waals surface area contributed by atoms with E-state index >= 15 is 0 Å². The number of carbonyl (C=O) groups excluding carboxylic acids is 1. The second kappa shape index (κ2) is 8.52. The van der Waals surface area contributed by atoms with Crippen molar-refractivity contribution in [2.24, 2.45) is 17.1 Å². The predicted molar refractivity (Wildman–Crippen MR) is 78.4 cm³/mol. The van der Waals surface area contributed by atoms with Gasteiger partial charge in [0.1, 0.15) is 0 Å². The first-order valence-corrected chi connectivity index (χ1v) is 7.23. The Hall–Kier alpha value is -0.570. The van der Waals surface area contributed by atoms with Gasteiger partial charge in [-0.05, 0) is 24.2 Å². The van der Waals surface area contributed by atoms with E-state index in [4.69, 9.17) is 5.73 Å². The first-order chi connectivity index (χ1) is 8.20. The van der Waals surface area contributed by atoms with Crippen LogP contribution in [0.4, 0.5) is 0 Å². The molecule has 1 unspecified atom stereocenters. The first kappa shape index (κ1) is 17.4. The van der Waals surface area contributed by atoms with Crippen molar-refractivity contribution >= 4 is 5.91 Å². The van der Waals surface area contributed by atoms with E-state index in [-0.39, 0.29) is 17.4 Å². The fraction of sp³-hybridized carbons (Fsp3) is 0.933. The first-order valence-electron chi connectivity index (χ1n) is 7.23. The average Bonchev–Trinajstić information content (AvgIpc) is 2.12. The molecule has 0 radical (unpaired) electrons. The maximum atomic E-state index is 11.6. The summed E-state index contributed by atoms with van der Waals surface area (Å²) >= 11 is 0. The Morgan fingerprint density at radius 3 is 2.33 bits per heavy atom. The molecule has 0 aromatic carbocycles. The predicted octanol–water partition coefficient (Wildman–Crippen LogP) is 3.08. The molecule has 0 rings (SSSR count). The fourth-order valence-electron chi connectivity index (χ4n) is 2.07. The van der Waals surface area contributed by atoms with Gasteiger partial charge in [0.05, 0.1) is 0 Å². The maximum Gasteiger partial charge on any atom is 0.221 e. The summed E-state index contributed by atoms with van der Waals surface area (Å²) in [7, 11) is 0. The zero-order valence-corrected chi connectivity index (χ0v) is 12.9. The number of unbranched alkanes of at least 4 members (excludes halogenated alkanes) is 1. The van der Waals surface area contributed by atoms with Crippen molar-refractivity contribution in [1.82, 2.24) is 5.32 Å². The van der Waals surface area contributed by atoms with Crippen molar-refractivity contribution < 1.29 is 4.79 Å². The number of nitrogens with one attached hydrogen (secondary N) is 1. The normalized spacial score (nSPS) is 13.7. The van der Waals surface area contributed by atoms with E-state index in [1.807, 2.05) is 0 Å². The molecule has 3 nitrogen and oxygen atoms in total. The van der Waals surface area contributed by atoms with Crippen LogP contribution in [-0.4, -0.2) is 18.5 Å². The Morgan fingerprint density at radius 1 is 1.22 bits per heavy atom. The van der Waals surface area contributed by atoms with Gasteiger partial charge in [-0.2, -0.15) is 0 Å². The zero-order valence-electron chi connectivity index (χ0n) is 12.9. The van der Waals surface area contributed by atoms with E-state index in [1.165, 1.54) is 12.8 Å². The van der Waals surface area contributed by atoms with E-state index in [9.17, 15) is 4.79 Å². The van der Waals surface area contributed by atoms with Gasteiger partial charge < -0.3 is 11.1 Å². The summed E-state index contributed by atoms with van der Waals surface area (Å²) < 4.78 is 0. The molecule has 0 bridgehead atoms. The van der Waals surface area contributed by atoms with Crippen molar-refractivity contribution in [3.63, 3.8) is 0 Å². The molecule has 0 heterocycles. The van der Waals surface area contributed by atoms with Crippen molar-refractivity contribution in [3.8, 4) is 0 Å². The summed E-state index contributed by atoms with van der Waals surface area (Å²) in [6, 6.07) is -0.0272. The van der Waals surface area contributed by atoms with Gasteiger partial charge >= 0.3 is 0 Å². The number of amides is 1. The molecule has 1 amide bonds. The third-order valence-corrected chi connectivity index (χ3v) is 2.85. The second-order valence-corrected chi connectivity index (χ2v) is 6.97. The van der Waals surface area contributed by atoms with Crippen LogP contribution in [0.3, 0.4) is 0 Å². The highest BCUT2D eigenvalue weighted by Gasteiger charge is 2.17. The molecule has 0 aliphatic rings. The molecule has 0 aliphatic heterocycles. The van der Waals surface area contributed by atoms with Crippen molar-refractivity contribution in [2.75, 3.05) is 6.54 Å². The lowest BCUT2D eigenvalue weighted by Gasteiger charge is -2.22. The van der Waals surface area contributed by atoms with Gasteiger partial charge in [0, 0.05) is 19.0 Å². The Bertz CT molecular complexity index is 231. The number of nitrogens with two attached hydrogens (primary N) is 1. The summed E-state index contributed by atoms with van der Waals surface area (Å²) in [6.45, 7) is 11.7. The van der Waals surface area contributed by atoms with Crippen LogP contribution < -0.4 is 11.1 Å². The van der Waals surface area contributed by atoms with Gasteiger partial charge in [0.2, 0.25) is 5.91 Å². The molecule has 0 saturated carbocycles. The summed E-state index contributed by atoms with van der Waals surface area (Å²) in [5.41, 5.74) is 6.16. The van der Waals surface area contributed by atoms with Crippen LogP contribution in [0.15, 0.2) is 0 Å². The monoisotopic (exact) mass is 256 g/mol. The maximum absolute atomic E-state index is 11.6. The van der Waals surface area contributed by atoms with Crippen LogP contribution in [0.5, 0.6) is 0 Å². The highest BCUT2D eigenvalue weighted by molar-refractivity contribution is 5.76.